The number of nitriles is 1. The van der Waals surface area contributed by atoms with Gasteiger partial charge in [0.05, 0.1) is 21.8 Å². The number of benzene rings is 1. The summed E-state index contributed by atoms with van der Waals surface area (Å²) in [4.78, 5) is 16.9. The Morgan fingerprint density at radius 3 is 3.00 bits per heavy atom. The maximum atomic E-state index is 11.2. The fourth-order valence-corrected chi connectivity index (χ4v) is 2.56. The van der Waals surface area contributed by atoms with Gasteiger partial charge in [-0.25, -0.2) is 9.78 Å². The number of hydrogen-bond acceptors (Lipinski definition) is 4. The normalized spacial score (nSPS) is 10.1. The van der Waals surface area contributed by atoms with Crippen molar-refractivity contribution in [2.45, 2.75) is 6.92 Å². The van der Waals surface area contributed by atoms with Gasteiger partial charge in [-0.05, 0) is 25.1 Å². The van der Waals surface area contributed by atoms with Gasteiger partial charge in [-0.2, -0.15) is 5.26 Å². The van der Waals surface area contributed by atoms with E-state index < -0.39 is 6.03 Å². The number of carbonyl (C=O) groups excluding carboxylic acids is 1. The van der Waals surface area contributed by atoms with Gasteiger partial charge in [0.25, 0.3) is 0 Å². The summed E-state index contributed by atoms with van der Waals surface area (Å²) in [7, 11) is 0. The minimum absolute atomic E-state index is 0.472. The third-order valence-electron chi connectivity index (χ3n) is 2.32. The van der Waals surface area contributed by atoms with E-state index in [0.717, 1.165) is 10.2 Å². The molecule has 86 valence electrons. The van der Waals surface area contributed by atoms with E-state index in [4.69, 9.17) is 11.0 Å². The number of amides is 2. The zero-order chi connectivity index (χ0) is 12.4. The summed E-state index contributed by atoms with van der Waals surface area (Å²) >= 11 is 1.35. The molecule has 2 amide bonds. The lowest BCUT2D eigenvalue weighted by atomic mass is 10.2. The number of rotatable bonds is 2. The number of hydrogen-bond donors (Lipinski definition) is 1. The molecule has 1 aromatic carbocycles. The Morgan fingerprint density at radius 1 is 1.65 bits per heavy atom. The number of aromatic nitrogens is 1. The van der Waals surface area contributed by atoms with Gasteiger partial charge in [0.1, 0.15) is 0 Å². The van der Waals surface area contributed by atoms with Gasteiger partial charge in [-0.15, -0.1) is 0 Å². The standard InChI is InChI=1S/C11H10N4OS/c1-2-15(10(13)16)11-14-8-4-3-7(6-12)5-9(8)17-11/h3-5H,2H2,1H3,(H2,13,16). The van der Waals surface area contributed by atoms with E-state index in [-0.39, 0.29) is 0 Å². The second-order valence-corrected chi connectivity index (χ2v) is 4.38. The summed E-state index contributed by atoms with van der Waals surface area (Å²) in [6.45, 7) is 2.30. The Kier molecular flexibility index (Phi) is 2.93. The molecule has 0 aliphatic heterocycles. The van der Waals surface area contributed by atoms with Crippen molar-refractivity contribution in [1.29, 1.82) is 5.26 Å². The van der Waals surface area contributed by atoms with E-state index in [9.17, 15) is 4.79 Å². The van der Waals surface area contributed by atoms with Crippen LogP contribution in [0.2, 0.25) is 0 Å². The molecule has 6 heteroatoms. The van der Waals surface area contributed by atoms with Crippen molar-refractivity contribution >= 4 is 32.7 Å². The number of carbonyl (C=O) groups is 1. The highest BCUT2D eigenvalue weighted by Crippen LogP contribution is 2.29. The van der Waals surface area contributed by atoms with Crippen LogP contribution in [-0.4, -0.2) is 17.6 Å². The van der Waals surface area contributed by atoms with Crippen LogP contribution in [0.15, 0.2) is 18.2 Å². The largest absolute Gasteiger partial charge is 0.351 e. The van der Waals surface area contributed by atoms with Gasteiger partial charge < -0.3 is 5.73 Å². The highest BCUT2D eigenvalue weighted by molar-refractivity contribution is 7.22. The van der Waals surface area contributed by atoms with Crippen LogP contribution >= 0.6 is 11.3 Å². The minimum atomic E-state index is -0.521. The lowest BCUT2D eigenvalue weighted by molar-refractivity contribution is 0.254. The summed E-state index contributed by atoms with van der Waals surface area (Å²) in [6.07, 6.45) is 0. The first-order valence-corrected chi connectivity index (χ1v) is 5.85. The van der Waals surface area contributed by atoms with Gasteiger partial charge in [0, 0.05) is 6.54 Å². The predicted octanol–water partition coefficient (Wildman–Crippen LogP) is 2.07. The molecule has 2 N–H and O–H groups in total. The van der Waals surface area contributed by atoms with Crippen molar-refractivity contribution < 1.29 is 4.79 Å². The quantitative estimate of drug-likeness (QED) is 0.880. The van der Waals surface area contributed by atoms with Crippen molar-refractivity contribution in [1.82, 2.24) is 4.98 Å². The SMILES string of the molecule is CCN(C(N)=O)c1nc2ccc(C#N)cc2s1. The van der Waals surface area contributed by atoms with E-state index in [1.165, 1.54) is 16.2 Å². The van der Waals surface area contributed by atoms with Gasteiger partial charge in [-0.3, -0.25) is 4.90 Å². The molecule has 0 fully saturated rings. The molecule has 1 aromatic heterocycles. The average Bonchev–Trinajstić information content (AvgIpc) is 2.71. The maximum Gasteiger partial charge on any atom is 0.321 e. The smallest absolute Gasteiger partial charge is 0.321 e. The zero-order valence-corrected chi connectivity index (χ0v) is 9.99. The minimum Gasteiger partial charge on any atom is -0.351 e. The molecular formula is C11H10N4OS. The topological polar surface area (TPSA) is 83.0 Å². The first kappa shape index (κ1) is 11.4. The Balaban J connectivity index is 2.51. The molecule has 2 aromatic rings. The Morgan fingerprint density at radius 2 is 2.41 bits per heavy atom. The number of nitrogens with two attached hydrogens (primary N) is 1. The fourth-order valence-electron chi connectivity index (χ4n) is 1.48. The van der Waals surface area contributed by atoms with Gasteiger partial charge in [0.2, 0.25) is 0 Å². The first-order valence-electron chi connectivity index (χ1n) is 5.03. The lowest BCUT2D eigenvalue weighted by Crippen LogP contribution is -2.35. The molecule has 0 saturated heterocycles. The summed E-state index contributed by atoms with van der Waals surface area (Å²) < 4.78 is 0.874. The molecule has 1 heterocycles. The van der Waals surface area contributed by atoms with Crippen LogP contribution in [0.1, 0.15) is 12.5 Å². The molecule has 0 aliphatic carbocycles. The number of primary amides is 1. The van der Waals surface area contributed by atoms with Crippen molar-refractivity contribution in [3.05, 3.63) is 23.8 Å². The van der Waals surface area contributed by atoms with Crippen molar-refractivity contribution in [3.8, 4) is 6.07 Å². The van der Waals surface area contributed by atoms with Crippen molar-refractivity contribution in [2.75, 3.05) is 11.4 Å². The molecule has 5 nitrogen and oxygen atoms in total. The van der Waals surface area contributed by atoms with E-state index in [0.29, 0.717) is 17.2 Å². The number of thiazole rings is 1. The highest BCUT2D eigenvalue weighted by atomic mass is 32.1. The predicted molar refractivity (Wildman–Crippen MR) is 66.9 cm³/mol. The van der Waals surface area contributed by atoms with Gasteiger partial charge in [-0.1, -0.05) is 11.3 Å². The van der Waals surface area contributed by atoms with Crippen LogP contribution in [0.4, 0.5) is 9.93 Å². The molecule has 0 saturated carbocycles. The number of nitrogens with zero attached hydrogens (tertiary/aromatic N) is 3. The van der Waals surface area contributed by atoms with Crippen LogP contribution in [0.3, 0.4) is 0 Å². The second-order valence-electron chi connectivity index (χ2n) is 3.37. The zero-order valence-electron chi connectivity index (χ0n) is 9.17. The molecule has 0 radical (unpaired) electrons. The van der Waals surface area contributed by atoms with Crippen molar-refractivity contribution in [2.24, 2.45) is 5.73 Å². The fraction of sp³-hybridized carbons (Fsp3) is 0.182. The van der Waals surface area contributed by atoms with E-state index in [1.807, 2.05) is 6.92 Å². The van der Waals surface area contributed by atoms with Crippen LogP contribution in [0.25, 0.3) is 10.2 Å². The summed E-state index contributed by atoms with van der Waals surface area (Å²) in [5.74, 6) is 0. The lowest BCUT2D eigenvalue weighted by Gasteiger charge is -2.13. The molecule has 0 spiro atoms. The highest BCUT2D eigenvalue weighted by Gasteiger charge is 2.15. The Bertz CT molecular complexity index is 613. The van der Waals surface area contributed by atoms with Gasteiger partial charge >= 0.3 is 6.03 Å². The van der Waals surface area contributed by atoms with Crippen molar-refractivity contribution in [3.63, 3.8) is 0 Å². The molecule has 0 bridgehead atoms. The van der Waals surface area contributed by atoms with Crippen LogP contribution in [-0.2, 0) is 0 Å². The van der Waals surface area contributed by atoms with E-state index in [2.05, 4.69) is 11.1 Å². The van der Waals surface area contributed by atoms with Gasteiger partial charge in [0.15, 0.2) is 5.13 Å². The molecule has 0 aliphatic rings. The monoisotopic (exact) mass is 246 g/mol. The van der Waals surface area contributed by atoms with Crippen LogP contribution in [0, 0.1) is 11.3 Å². The summed E-state index contributed by atoms with van der Waals surface area (Å²) in [5.41, 5.74) is 6.60. The first-order chi connectivity index (χ1) is 8.15. The summed E-state index contributed by atoms with van der Waals surface area (Å²) in [6, 6.07) is 6.77. The molecule has 17 heavy (non-hydrogen) atoms. The van der Waals surface area contributed by atoms with Crippen LogP contribution in [0.5, 0.6) is 0 Å². The average molecular weight is 246 g/mol. The second kappa shape index (κ2) is 4.39. The van der Waals surface area contributed by atoms with E-state index in [1.54, 1.807) is 18.2 Å². The Labute approximate surface area is 102 Å². The third kappa shape index (κ3) is 2.05. The number of anilines is 1. The number of urea groups is 1. The summed E-state index contributed by atoms with van der Waals surface area (Å²) in [5, 5.41) is 9.36. The molecule has 0 atom stereocenters. The Hall–Kier alpha value is -2.13. The molecular weight excluding hydrogens is 236 g/mol. The van der Waals surface area contributed by atoms with E-state index >= 15 is 0 Å². The number of fused-ring (bicyclic) bond motifs is 1. The molecule has 2 rings (SSSR count). The maximum absolute atomic E-state index is 11.2. The third-order valence-corrected chi connectivity index (χ3v) is 3.36. The molecule has 0 unspecified atom stereocenters. The van der Waals surface area contributed by atoms with Crippen LogP contribution < -0.4 is 10.6 Å².